The maximum absolute atomic E-state index is 13.5. The van der Waals surface area contributed by atoms with Gasteiger partial charge in [-0.3, -0.25) is 0 Å². The van der Waals surface area contributed by atoms with E-state index in [0.29, 0.717) is 24.4 Å². The number of benzene rings is 1. The molecule has 0 spiro atoms. The van der Waals surface area contributed by atoms with Crippen molar-refractivity contribution in [1.29, 1.82) is 0 Å². The van der Waals surface area contributed by atoms with Crippen LogP contribution in [0.2, 0.25) is 0 Å². The van der Waals surface area contributed by atoms with Crippen LogP contribution in [-0.2, 0) is 28.8 Å². The second-order valence-corrected chi connectivity index (χ2v) is 15.5. The number of phenols is 1. The molecule has 1 saturated carbocycles. The van der Waals surface area contributed by atoms with Crippen LogP contribution < -0.4 is 4.74 Å². The predicted molar refractivity (Wildman–Crippen MR) is 206 cm³/mol. The van der Waals surface area contributed by atoms with Crippen LogP contribution >= 0.6 is 0 Å². The van der Waals surface area contributed by atoms with Gasteiger partial charge in [-0.1, -0.05) is 109 Å². The summed E-state index contributed by atoms with van der Waals surface area (Å²) in [6.45, 7) is 6.13. The summed E-state index contributed by atoms with van der Waals surface area (Å²) >= 11 is 0. The van der Waals surface area contributed by atoms with Crippen molar-refractivity contribution in [3.05, 3.63) is 57.9 Å². The van der Waals surface area contributed by atoms with Crippen molar-refractivity contribution >= 4 is 11.7 Å². The fourth-order valence-electron chi connectivity index (χ4n) is 8.60. The van der Waals surface area contributed by atoms with Gasteiger partial charge in [-0.2, -0.15) is 4.98 Å². The van der Waals surface area contributed by atoms with Crippen LogP contribution in [0.15, 0.2) is 29.5 Å². The number of esters is 1. The van der Waals surface area contributed by atoms with E-state index in [1.807, 2.05) is 26.0 Å². The van der Waals surface area contributed by atoms with Gasteiger partial charge in [-0.25, -0.2) is 14.3 Å². The van der Waals surface area contributed by atoms with Gasteiger partial charge < -0.3 is 19.7 Å². The highest BCUT2D eigenvalue weighted by Crippen LogP contribution is 2.43. The number of ether oxygens (including phenoxy) is 2. The standard InChI is InChI=1S/C43H64N4O5/c1-5-6-7-8-9-10-11-12-13-14-15-16-17-18-23-34-36(48)26-24-33(41(34)51-4)25-27-37-39(32-21-19-20-22-32)40(49)35(42(50)52-37)29-38-45-43-44-30(2)28-31(3)47(43)46-38/h24,26,28,32,37,39,48-49H,5-23,25,27,29H2,1-4H3. The fraction of sp³-hybridized carbons (Fsp3) is 0.674. The van der Waals surface area contributed by atoms with Gasteiger partial charge in [0.05, 0.1) is 18.6 Å². The van der Waals surface area contributed by atoms with E-state index in [1.165, 1.54) is 77.0 Å². The molecule has 3 aromatic rings. The highest BCUT2D eigenvalue weighted by molar-refractivity contribution is 5.90. The summed E-state index contributed by atoms with van der Waals surface area (Å²) in [4.78, 5) is 22.5. The maximum atomic E-state index is 13.5. The third-order valence-electron chi connectivity index (χ3n) is 11.4. The minimum absolute atomic E-state index is 0.0941. The number of carbonyl (C=O) groups is 1. The molecule has 5 rings (SSSR count). The van der Waals surface area contributed by atoms with Gasteiger partial charge in [0.2, 0.25) is 0 Å². The third kappa shape index (κ3) is 10.5. The van der Waals surface area contributed by atoms with Gasteiger partial charge >= 0.3 is 5.97 Å². The molecule has 3 heterocycles. The van der Waals surface area contributed by atoms with Crippen molar-refractivity contribution in [3.63, 3.8) is 0 Å². The number of nitrogens with zero attached hydrogens (tertiary/aromatic N) is 4. The SMILES string of the molecule is CCCCCCCCCCCCCCCCc1c(O)ccc(CCC2OC(=O)C(Cc3nc4nc(C)cc(C)n4n3)=C(O)C2C2CCCC2)c1OC. The number of aromatic hydroxyl groups is 1. The number of hydrogen-bond donors (Lipinski definition) is 2. The Morgan fingerprint density at radius 2 is 1.50 bits per heavy atom. The molecule has 286 valence electrons. The second-order valence-electron chi connectivity index (χ2n) is 15.5. The summed E-state index contributed by atoms with van der Waals surface area (Å²) in [5.74, 6) is 1.51. The van der Waals surface area contributed by atoms with Gasteiger partial charge in [0.25, 0.3) is 5.78 Å². The first-order chi connectivity index (χ1) is 25.3. The second kappa shape index (κ2) is 20.0. The van der Waals surface area contributed by atoms with Crippen molar-refractivity contribution < 1.29 is 24.5 Å². The van der Waals surface area contributed by atoms with E-state index >= 15 is 0 Å². The molecule has 2 aliphatic rings. The molecule has 9 heteroatoms. The lowest BCUT2D eigenvalue weighted by Gasteiger charge is -2.36. The number of aryl methyl sites for hydroxylation is 3. The van der Waals surface area contributed by atoms with E-state index in [2.05, 4.69) is 22.0 Å². The molecule has 0 saturated heterocycles. The third-order valence-corrected chi connectivity index (χ3v) is 11.4. The molecular weight excluding hydrogens is 652 g/mol. The van der Waals surface area contributed by atoms with Crippen LogP contribution in [0.3, 0.4) is 0 Å². The molecule has 2 N–H and O–H groups in total. The lowest BCUT2D eigenvalue weighted by atomic mass is 9.79. The Balaban J connectivity index is 1.15. The Morgan fingerprint density at radius 1 is 0.865 bits per heavy atom. The number of hydrogen-bond acceptors (Lipinski definition) is 8. The molecule has 1 aromatic carbocycles. The zero-order valence-electron chi connectivity index (χ0n) is 32.4. The number of unbranched alkanes of at least 4 members (excludes halogenated alkanes) is 13. The molecule has 1 aliphatic carbocycles. The van der Waals surface area contributed by atoms with Crippen molar-refractivity contribution in [1.82, 2.24) is 19.6 Å². The molecule has 2 aromatic heterocycles. The van der Waals surface area contributed by atoms with E-state index in [1.54, 1.807) is 17.7 Å². The zero-order chi connectivity index (χ0) is 36.9. The number of fused-ring (bicyclic) bond motifs is 1. The summed E-state index contributed by atoms with van der Waals surface area (Å²) in [5.41, 5.74) is 3.84. The van der Waals surface area contributed by atoms with E-state index in [0.717, 1.165) is 73.2 Å². The van der Waals surface area contributed by atoms with E-state index in [-0.39, 0.29) is 35.3 Å². The molecule has 9 nitrogen and oxygen atoms in total. The molecule has 2 unspecified atom stereocenters. The Hall–Kier alpha value is -3.62. The van der Waals surface area contributed by atoms with Gasteiger partial charge in [0, 0.05) is 23.4 Å². The topological polar surface area (TPSA) is 119 Å². The first-order valence-electron chi connectivity index (χ1n) is 20.5. The smallest absolute Gasteiger partial charge is 0.338 e. The fourth-order valence-corrected chi connectivity index (χ4v) is 8.60. The van der Waals surface area contributed by atoms with Crippen molar-refractivity contribution in [2.45, 2.75) is 168 Å². The molecule has 2 atom stereocenters. The first-order valence-corrected chi connectivity index (χ1v) is 20.5. The lowest BCUT2D eigenvalue weighted by Crippen LogP contribution is -2.39. The number of phenolic OH excluding ortho intramolecular Hbond substituents is 1. The number of rotatable bonds is 22. The molecule has 1 fully saturated rings. The number of cyclic esters (lactones) is 1. The van der Waals surface area contributed by atoms with Crippen LogP contribution in [0.25, 0.3) is 5.78 Å². The number of carbonyl (C=O) groups excluding carboxylic acids is 1. The molecule has 1 aliphatic heterocycles. The summed E-state index contributed by atoms with van der Waals surface area (Å²) in [5, 5.41) is 27.2. The van der Waals surface area contributed by atoms with Crippen molar-refractivity contribution in [3.8, 4) is 11.5 Å². The highest BCUT2D eigenvalue weighted by Gasteiger charge is 2.43. The van der Waals surface area contributed by atoms with E-state index in [9.17, 15) is 15.0 Å². The molecular formula is C43H64N4O5. The Kier molecular flexibility index (Phi) is 15.2. The number of methoxy groups -OCH3 is 1. The summed E-state index contributed by atoms with van der Waals surface area (Å²) < 4.78 is 13.7. The van der Waals surface area contributed by atoms with Gasteiger partial charge in [-0.05, 0) is 76.0 Å². The van der Waals surface area contributed by atoms with Gasteiger partial charge in [0.15, 0.2) is 5.82 Å². The molecule has 52 heavy (non-hydrogen) atoms. The Morgan fingerprint density at radius 3 is 2.13 bits per heavy atom. The monoisotopic (exact) mass is 716 g/mol. The van der Waals surface area contributed by atoms with Crippen LogP contribution in [0.1, 0.15) is 157 Å². The Labute approximate surface area is 311 Å². The average Bonchev–Trinajstić information content (AvgIpc) is 3.80. The van der Waals surface area contributed by atoms with Crippen LogP contribution in [0.5, 0.6) is 11.5 Å². The van der Waals surface area contributed by atoms with Gasteiger partial charge in [0.1, 0.15) is 23.4 Å². The average molecular weight is 717 g/mol. The normalized spacial score (nSPS) is 18.1. The van der Waals surface area contributed by atoms with Crippen LogP contribution in [-0.4, -0.2) is 49.0 Å². The largest absolute Gasteiger partial charge is 0.511 e. The summed E-state index contributed by atoms with van der Waals surface area (Å²) in [6, 6.07) is 5.63. The maximum Gasteiger partial charge on any atom is 0.338 e. The van der Waals surface area contributed by atoms with Crippen molar-refractivity contribution in [2.75, 3.05) is 7.11 Å². The summed E-state index contributed by atoms with van der Waals surface area (Å²) in [7, 11) is 1.67. The minimum atomic E-state index is -0.507. The van der Waals surface area contributed by atoms with Crippen LogP contribution in [0.4, 0.5) is 0 Å². The van der Waals surface area contributed by atoms with Gasteiger partial charge in [-0.15, -0.1) is 5.10 Å². The highest BCUT2D eigenvalue weighted by atomic mass is 16.5. The number of aromatic nitrogens is 4. The molecule has 0 amide bonds. The first kappa shape index (κ1) is 39.6. The summed E-state index contributed by atoms with van der Waals surface area (Å²) in [6.07, 6.45) is 24.1. The quantitative estimate of drug-likeness (QED) is 0.0779. The lowest BCUT2D eigenvalue weighted by molar-refractivity contribution is -0.152. The zero-order valence-corrected chi connectivity index (χ0v) is 32.4. The molecule has 0 radical (unpaired) electrons. The Bertz CT molecular complexity index is 1630. The van der Waals surface area contributed by atoms with E-state index in [4.69, 9.17) is 9.47 Å². The predicted octanol–water partition coefficient (Wildman–Crippen LogP) is 10.2. The molecule has 0 bridgehead atoms. The van der Waals surface area contributed by atoms with E-state index < -0.39 is 12.1 Å². The minimum Gasteiger partial charge on any atom is -0.511 e. The van der Waals surface area contributed by atoms with Crippen LogP contribution in [0, 0.1) is 25.7 Å². The number of aliphatic hydroxyl groups is 1. The number of aliphatic hydroxyl groups excluding tert-OH is 1. The van der Waals surface area contributed by atoms with Crippen molar-refractivity contribution in [2.24, 2.45) is 11.8 Å².